The number of methoxy groups -OCH3 is 1. The zero-order valence-electron chi connectivity index (χ0n) is 13.3. The highest BCUT2D eigenvalue weighted by atomic mass is 16.5. The van der Waals surface area contributed by atoms with E-state index >= 15 is 0 Å². The molecular formula is C19H22O3. The second kappa shape index (κ2) is 7.12. The zero-order chi connectivity index (χ0) is 16.1. The molecule has 0 aliphatic carbocycles. The lowest BCUT2D eigenvalue weighted by molar-refractivity contribution is -0.138. The summed E-state index contributed by atoms with van der Waals surface area (Å²) in [6, 6.07) is 13.6. The first kappa shape index (κ1) is 16.1. The van der Waals surface area contributed by atoms with E-state index in [1.54, 1.807) is 7.11 Å². The van der Waals surface area contributed by atoms with Crippen molar-refractivity contribution in [2.45, 2.75) is 32.6 Å². The van der Waals surface area contributed by atoms with Gasteiger partial charge in [0.1, 0.15) is 5.75 Å². The van der Waals surface area contributed by atoms with Crippen LogP contribution in [0.25, 0.3) is 0 Å². The fourth-order valence-electron chi connectivity index (χ4n) is 2.74. The van der Waals surface area contributed by atoms with Crippen LogP contribution in [-0.2, 0) is 17.6 Å². The van der Waals surface area contributed by atoms with Crippen LogP contribution in [0.3, 0.4) is 0 Å². The first-order chi connectivity index (χ1) is 10.6. The summed E-state index contributed by atoms with van der Waals surface area (Å²) in [7, 11) is 1.62. The van der Waals surface area contributed by atoms with Crippen LogP contribution < -0.4 is 4.74 Å². The normalized spacial score (nSPS) is 12.0. The van der Waals surface area contributed by atoms with Gasteiger partial charge in [-0.25, -0.2) is 0 Å². The van der Waals surface area contributed by atoms with Gasteiger partial charge in [0.25, 0.3) is 0 Å². The molecule has 0 saturated heterocycles. The number of rotatable bonds is 6. The van der Waals surface area contributed by atoms with Crippen molar-refractivity contribution in [1.29, 1.82) is 0 Å². The van der Waals surface area contributed by atoms with Crippen molar-refractivity contribution in [3.63, 3.8) is 0 Å². The van der Waals surface area contributed by atoms with E-state index in [1.807, 2.05) is 49.4 Å². The summed E-state index contributed by atoms with van der Waals surface area (Å²) in [5.74, 6) is -0.627. The summed E-state index contributed by atoms with van der Waals surface area (Å²) in [6.07, 6.45) is 1.34. The van der Waals surface area contributed by atoms with E-state index in [0.29, 0.717) is 6.42 Å². The van der Waals surface area contributed by atoms with Crippen molar-refractivity contribution < 1.29 is 14.6 Å². The SMILES string of the molecule is CCc1ccc(OC)c(CC(C(=O)O)c2ccccc2C)c1. The number of hydrogen-bond acceptors (Lipinski definition) is 2. The Kier molecular flexibility index (Phi) is 5.21. The lowest BCUT2D eigenvalue weighted by atomic mass is 9.88. The van der Waals surface area contributed by atoms with E-state index < -0.39 is 11.9 Å². The molecule has 0 aliphatic heterocycles. The van der Waals surface area contributed by atoms with Crippen molar-refractivity contribution in [3.8, 4) is 5.75 Å². The van der Waals surface area contributed by atoms with Crippen LogP contribution >= 0.6 is 0 Å². The third-order valence-electron chi connectivity index (χ3n) is 4.04. The molecule has 2 aromatic rings. The zero-order valence-corrected chi connectivity index (χ0v) is 13.3. The summed E-state index contributed by atoms with van der Waals surface area (Å²) in [4.78, 5) is 11.8. The number of benzene rings is 2. The maximum Gasteiger partial charge on any atom is 0.311 e. The van der Waals surface area contributed by atoms with E-state index in [9.17, 15) is 9.90 Å². The van der Waals surface area contributed by atoms with Crippen molar-refractivity contribution in [3.05, 3.63) is 64.7 Å². The molecule has 1 unspecified atom stereocenters. The first-order valence-corrected chi connectivity index (χ1v) is 7.51. The van der Waals surface area contributed by atoms with Crippen molar-refractivity contribution in [2.24, 2.45) is 0 Å². The van der Waals surface area contributed by atoms with Gasteiger partial charge < -0.3 is 9.84 Å². The first-order valence-electron chi connectivity index (χ1n) is 7.51. The van der Waals surface area contributed by atoms with Crippen LogP contribution in [0, 0.1) is 6.92 Å². The average Bonchev–Trinajstić information content (AvgIpc) is 2.53. The Morgan fingerprint density at radius 1 is 1.23 bits per heavy atom. The fraction of sp³-hybridized carbons (Fsp3) is 0.316. The van der Waals surface area contributed by atoms with Gasteiger partial charge in [0, 0.05) is 0 Å². The molecule has 1 N–H and O–H groups in total. The van der Waals surface area contributed by atoms with Crippen molar-refractivity contribution >= 4 is 5.97 Å². The van der Waals surface area contributed by atoms with E-state index in [4.69, 9.17) is 4.74 Å². The smallest absolute Gasteiger partial charge is 0.311 e. The van der Waals surface area contributed by atoms with Gasteiger partial charge in [0.2, 0.25) is 0 Å². The molecule has 0 spiro atoms. The minimum Gasteiger partial charge on any atom is -0.496 e. The fourth-order valence-corrected chi connectivity index (χ4v) is 2.74. The molecule has 0 radical (unpaired) electrons. The summed E-state index contributed by atoms with van der Waals surface area (Å²) in [6.45, 7) is 4.03. The van der Waals surface area contributed by atoms with Gasteiger partial charge in [0.05, 0.1) is 13.0 Å². The van der Waals surface area contributed by atoms with Gasteiger partial charge in [-0.1, -0.05) is 43.3 Å². The Balaban J connectivity index is 2.41. The van der Waals surface area contributed by atoms with Gasteiger partial charge in [-0.2, -0.15) is 0 Å². The van der Waals surface area contributed by atoms with E-state index in [2.05, 4.69) is 6.92 Å². The number of carbonyl (C=O) groups is 1. The highest BCUT2D eigenvalue weighted by Gasteiger charge is 2.23. The van der Waals surface area contributed by atoms with Crippen LogP contribution in [-0.4, -0.2) is 18.2 Å². The minimum absolute atomic E-state index is 0.428. The third-order valence-corrected chi connectivity index (χ3v) is 4.04. The van der Waals surface area contributed by atoms with Gasteiger partial charge in [-0.15, -0.1) is 0 Å². The molecule has 0 aliphatic rings. The van der Waals surface area contributed by atoms with Gasteiger partial charge in [-0.05, 0) is 48.1 Å². The van der Waals surface area contributed by atoms with Crippen LogP contribution in [0.4, 0.5) is 0 Å². The molecule has 3 heteroatoms. The molecule has 3 nitrogen and oxygen atoms in total. The predicted octanol–water partition coefficient (Wildman–Crippen LogP) is 3.98. The van der Waals surface area contributed by atoms with Crippen LogP contribution in [0.2, 0.25) is 0 Å². The number of aliphatic carboxylic acids is 1. The molecule has 22 heavy (non-hydrogen) atoms. The van der Waals surface area contributed by atoms with Crippen molar-refractivity contribution in [2.75, 3.05) is 7.11 Å². The lowest BCUT2D eigenvalue weighted by Crippen LogP contribution is -2.16. The maximum atomic E-state index is 11.8. The lowest BCUT2D eigenvalue weighted by Gasteiger charge is -2.17. The Hall–Kier alpha value is -2.29. The summed E-state index contributed by atoms with van der Waals surface area (Å²) in [5, 5.41) is 9.66. The largest absolute Gasteiger partial charge is 0.496 e. The summed E-state index contributed by atoms with van der Waals surface area (Å²) < 4.78 is 5.40. The van der Waals surface area contributed by atoms with E-state index in [1.165, 1.54) is 5.56 Å². The molecular weight excluding hydrogens is 276 g/mol. The third kappa shape index (κ3) is 3.48. The van der Waals surface area contributed by atoms with Crippen LogP contribution in [0.1, 0.15) is 35.1 Å². The second-order valence-electron chi connectivity index (χ2n) is 5.45. The number of ether oxygens (including phenoxy) is 1. The van der Waals surface area contributed by atoms with Gasteiger partial charge >= 0.3 is 5.97 Å². The summed E-state index contributed by atoms with van der Waals surface area (Å²) in [5.41, 5.74) is 3.99. The van der Waals surface area contributed by atoms with Crippen LogP contribution in [0.15, 0.2) is 42.5 Å². The number of aryl methyl sites for hydroxylation is 2. The minimum atomic E-state index is -0.807. The number of carboxylic acid groups (broad SMARTS) is 1. The molecule has 0 bridgehead atoms. The van der Waals surface area contributed by atoms with Crippen LogP contribution in [0.5, 0.6) is 5.75 Å². The molecule has 2 rings (SSSR count). The topological polar surface area (TPSA) is 46.5 Å². The summed E-state index contributed by atoms with van der Waals surface area (Å²) >= 11 is 0. The number of carboxylic acids is 1. The van der Waals surface area contributed by atoms with Gasteiger partial charge in [-0.3, -0.25) is 4.79 Å². The predicted molar refractivity (Wildman–Crippen MR) is 87.6 cm³/mol. The Morgan fingerprint density at radius 2 is 1.95 bits per heavy atom. The molecule has 2 aromatic carbocycles. The highest BCUT2D eigenvalue weighted by molar-refractivity contribution is 5.77. The second-order valence-corrected chi connectivity index (χ2v) is 5.45. The molecule has 0 saturated carbocycles. The van der Waals surface area contributed by atoms with E-state index in [-0.39, 0.29) is 0 Å². The van der Waals surface area contributed by atoms with E-state index in [0.717, 1.165) is 28.9 Å². The molecule has 0 amide bonds. The standard InChI is InChI=1S/C19H22O3/c1-4-14-9-10-18(22-3)15(11-14)12-17(19(20)21)16-8-6-5-7-13(16)2/h5-11,17H,4,12H2,1-3H3,(H,20,21). The highest BCUT2D eigenvalue weighted by Crippen LogP contribution is 2.29. The van der Waals surface area contributed by atoms with Crippen molar-refractivity contribution in [1.82, 2.24) is 0 Å². The molecule has 0 heterocycles. The molecule has 116 valence electrons. The Labute approximate surface area is 131 Å². The molecule has 0 aromatic heterocycles. The van der Waals surface area contributed by atoms with Gasteiger partial charge in [0.15, 0.2) is 0 Å². The Morgan fingerprint density at radius 3 is 2.55 bits per heavy atom. The Bertz CT molecular complexity index is 661. The molecule has 1 atom stereocenters. The maximum absolute atomic E-state index is 11.8. The monoisotopic (exact) mass is 298 g/mol. The average molecular weight is 298 g/mol. The molecule has 0 fully saturated rings. The quantitative estimate of drug-likeness (QED) is 0.877. The number of hydrogen-bond donors (Lipinski definition) is 1.